The lowest BCUT2D eigenvalue weighted by molar-refractivity contribution is 0.0850. The lowest BCUT2D eigenvalue weighted by atomic mass is 9.87. The number of imidazole rings is 1. The fraction of sp³-hybridized carbons (Fsp3) is 0.591. The third-order valence-electron chi connectivity index (χ3n) is 6.09. The predicted octanol–water partition coefficient (Wildman–Crippen LogP) is 3.43. The van der Waals surface area contributed by atoms with Gasteiger partial charge in [-0.1, -0.05) is 37.6 Å². The van der Waals surface area contributed by atoms with Crippen LogP contribution in [-0.4, -0.2) is 52.0 Å². The van der Waals surface area contributed by atoms with Crippen LogP contribution in [0.1, 0.15) is 48.8 Å². The largest absolute Gasteiger partial charge is 0.345 e. The summed E-state index contributed by atoms with van der Waals surface area (Å²) >= 11 is 0. The Hall–Kier alpha value is -1.65. The first-order valence-electron chi connectivity index (χ1n) is 10.4. The lowest BCUT2D eigenvalue weighted by Gasteiger charge is -2.41. The molecule has 26 heavy (non-hydrogen) atoms. The van der Waals surface area contributed by atoms with Crippen molar-refractivity contribution in [3.8, 4) is 0 Å². The summed E-state index contributed by atoms with van der Waals surface area (Å²) in [5, 5.41) is 0. The van der Waals surface area contributed by atoms with Crippen LogP contribution in [0.2, 0.25) is 0 Å². The van der Waals surface area contributed by atoms with Crippen molar-refractivity contribution in [2.45, 2.75) is 58.0 Å². The molecule has 2 aromatic rings. The first kappa shape index (κ1) is 17.7. The number of nitrogens with one attached hydrogen (secondary N) is 1. The Kier molecular flexibility index (Phi) is 5.71. The smallest absolute Gasteiger partial charge is 0.106 e. The van der Waals surface area contributed by atoms with Crippen LogP contribution in [0.4, 0.5) is 0 Å². The number of benzene rings is 1. The van der Waals surface area contributed by atoms with Gasteiger partial charge in [0.25, 0.3) is 0 Å². The molecule has 4 rings (SSSR count). The Bertz CT molecular complexity index is 700. The molecule has 2 aliphatic rings. The first-order chi connectivity index (χ1) is 12.8. The monoisotopic (exact) mass is 352 g/mol. The van der Waals surface area contributed by atoms with Crippen molar-refractivity contribution in [2.24, 2.45) is 0 Å². The predicted molar refractivity (Wildman–Crippen MR) is 106 cm³/mol. The second kappa shape index (κ2) is 8.36. The van der Waals surface area contributed by atoms with Crippen molar-refractivity contribution in [2.75, 3.05) is 26.2 Å². The highest BCUT2D eigenvalue weighted by molar-refractivity contribution is 5.30. The van der Waals surface area contributed by atoms with Crippen molar-refractivity contribution in [3.05, 3.63) is 53.1 Å². The summed E-state index contributed by atoms with van der Waals surface area (Å²) in [6, 6.07) is 9.74. The fourth-order valence-corrected chi connectivity index (χ4v) is 4.48. The van der Waals surface area contributed by atoms with E-state index < -0.39 is 0 Å². The standard InChI is InChI=1S/C22H32N4/c1-2-3-8-22-23-16-20(24-22)17-25-11-13-26(14-12-25)21-10-9-18-6-4-5-7-19(18)15-21/h4-7,16,21H,2-3,8-15,17H2,1H3,(H,23,24)/t21-/m0/s1. The van der Waals surface area contributed by atoms with E-state index in [2.05, 4.69) is 51.0 Å². The zero-order chi connectivity index (χ0) is 17.8. The highest BCUT2D eigenvalue weighted by Gasteiger charge is 2.27. The van der Waals surface area contributed by atoms with E-state index in [1.54, 1.807) is 11.1 Å². The molecule has 0 amide bonds. The zero-order valence-corrected chi connectivity index (χ0v) is 16.1. The Labute approximate surface area is 157 Å². The maximum atomic E-state index is 4.54. The van der Waals surface area contributed by atoms with Gasteiger partial charge in [0.05, 0.1) is 0 Å². The van der Waals surface area contributed by atoms with Crippen molar-refractivity contribution in [1.29, 1.82) is 0 Å². The van der Waals surface area contributed by atoms with Gasteiger partial charge in [0, 0.05) is 57.1 Å². The van der Waals surface area contributed by atoms with Crippen LogP contribution in [0.25, 0.3) is 0 Å². The Morgan fingerprint density at radius 3 is 2.73 bits per heavy atom. The number of aromatic amines is 1. The van der Waals surface area contributed by atoms with Gasteiger partial charge >= 0.3 is 0 Å². The average molecular weight is 353 g/mol. The minimum Gasteiger partial charge on any atom is -0.345 e. The summed E-state index contributed by atoms with van der Waals surface area (Å²) in [5.41, 5.74) is 4.42. The van der Waals surface area contributed by atoms with Crippen LogP contribution < -0.4 is 0 Å². The molecule has 4 nitrogen and oxygen atoms in total. The van der Waals surface area contributed by atoms with Crippen LogP contribution >= 0.6 is 0 Å². The quantitative estimate of drug-likeness (QED) is 0.865. The summed E-state index contributed by atoms with van der Waals surface area (Å²) in [7, 11) is 0. The second-order valence-corrected chi connectivity index (χ2v) is 7.94. The number of aryl methyl sites for hydroxylation is 2. The van der Waals surface area contributed by atoms with Crippen LogP contribution in [0.15, 0.2) is 30.5 Å². The molecule has 2 heterocycles. The molecule has 1 aliphatic heterocycles. The molecule has 0 spiro atoms. The SMILES string of the molecule is CCCCc1ncc(CN2CCN([C@H]3CCc4ccccc4C3)CC2)[nH]1. The van der Waals surface area contributed by atoms with Crippen molar-refractivity contribution in [1.82, 2.24) is 19.8 Å². The molecule has 1 saturated heterocycles. The van der Waals surface area contributed by atoms with Crippen LogP contribution in [-0.2, 0) is 25.8 Å². The van der Waals surface area contributed by atoms with E-state index in [1.807, 2.05) is 6.20 Å². The lowest BCUT2D eigenvalue weighted by Crippen LogP contribution is -2.51. The molecular weight excluding hydrogens is 320 g/mol. The maximum Gasteiger partial charge on any atom is 0.106 e. The molecule has 4 heteroatoms. The highest BCUT2D eigenvalue weighted by Crippen LogP contribution is 2.25. The minimum atomic E-state index is 0.736. The number of nitrogens with zero attached hydrogens (tertiary/aromatic N) is 3. The molecule has 1 N–H and O–H groups in total. The van der Waals surface area contributed by atoms with Gasteiger partial charge in [0.2, 0.25) is 0 Å². The van der Waals surface area contributed by atoms with Gasteiger partial charge in [-0.25, -0.2) is 4.98 Å². The zero-order valence-electron chi connectivity index (χ0n) is 16.1. The molecule has 0 radical (unpaired) electrons. The Morgan fingerprint density at radius 1 is 1.12 bits per heavy atom. The van der Waals surface area contributed by atoms with Gasteiger partial charge in [-0.05, 0) is 36.8 Å². The molecular formula is C22H32N4. The van der Waals surface area contributed by atoms with Gasteiger partial charge < -0.3 is 4.98 Å². The first-order valence-corrected chi connectivity index (χ1v) is 10.4. The topological polar surface area (TPSA) is 35.2 Å². The van der Waals surface area contributed by atoms with Gasteiger partial charge in [-0.2, -0.15) is 0 Å². The molecule has 1 aromatic carbocycles. The molecule has 1 aromatic heterocycles. The number of hydrogen-bond acceptors (Lipinski definition) is 3. The summed E-state index contributed by atoms with van der Waals surface area (Å²) in [5.74, 6) is 1.15. The fourth-order valence-electron chi connectivity index (χ4n) is 4.48. The van der Waals surface area contributed by atoms with Crippen LogP contribution in [0, 0.1) is 0 Å². The maximum absolute atomic E-state index is 4.54. The number of piperazine rings is 1. The highest BCUT2D eigenvalue weighted by atomic mass is 15.3. The van der Waals surface area contributed by atoms with Crippen LogP contribution in [0.5, 0.6) is 0 Å². The molecule has 1 aliphatic carbocycles. The van der Waals surface area contributed by atoms with E-state index in [0.717, 1.165) is 24.8 Å². The van der Waals surface area contributed by atoms with Crippen LogP contribution in [0.3, 0.4) is 0 Å². The average Bonchev–Trinajstić information content (AvgIpc) is 3.14. The van der Waals surface area contributed by atoms with E-state index >= 15 is 0 Å². The van der Waals surface area contributed by atoms with Gasteiger partial charge in [0.1, 0.15) is 5.82 Å². The molecule has 0 saturated carbocycles. The number of H-pyrrole nitrogens is 1. The van der Waals surface area contributed by atoms with E-state index in [-0.39, 0.29) is 0 Å². The summed E-state index contributed by atoms with van der Waals surface area (Å²) in [6.45, 7) is 7.98. The number of unbranched alkanes of at least 4 members (excludes halogenated alkanes) is 1. The van der Waals surface area contributed by atoms with Gasteiger partial charge in [-0.15, -0.1) is 0 Å². The molecule has 0 unspecified atom stereocenters. The van der Waals surface area contributed by atoms with Crippen molar-refractivity contribution >= 4 is 0 Å². The second-order valence-electron chi connectivity index (χ2n) is 7.94. The van der Waals surface area contributed by atoms with E-state index in [9.17, 15) is 0 Å². The van der Waals surface area contributed by atoms with E-state index in [1.165, 1.54) is 64.0 Å². The van der Waals surface area contributed by atoms with Gasteiger partial charge in [0.15, 0.2) is 0 Å². The Balaban J connectivity index is 1.26. The number of aromatic nitrogens is 2. The van der Waals surface area contributed by atoms with Crippen molar-refractivity contribution < 1.29 is 0 Å². The van der Waals surface area contributed by atoms with E-state index in [0.29, 0.717) is 0 Å². The van der Waals surface area contributed by atoms with E-state index in [4.69, 9.17) is 0 Å². The molecule has 140 valence electrons. The molecule has 1 atom stereocenters. The minimum absolute atomic E-state index is 0.736. The van der Waals surface area contributed by atoms with Gasteiger partial charge in [-0.3, -0.25) is 9.80 Å². The molecule has 0 bridgehead atoms. The third kappa shape index (κ3) is 4.18. The normalized spacial score (nSPS) is 21.7. The summed E-state index contributed by atoms with van der Waals surface area (Å²) in [4.78, 5) is 13.4. The molecule has 1 fully saturated rings. The third-order valence-corrected chi connectivity index (χ3v) is 6.09. The Morgan fingerprint density at radius 2 is 1.92 bits per heavy atom. The summed E-state index contributed by atoms with van der Waals surface area (Å²) in [6.07, 6.45) is 9.36. The number of hydrogen-bond donors (Lipinski definition) is 1. The van der Waals surface area contributed by atoms with Crippen molar-refractivity contribution in [3.63, 3.8) is 0 Å². The number of rotatable bonds is 6. The number of fused-ring (bicyclic) bond motifs is 1. The summed E-state index contributed by atoms with van der Waals surface area (Å²) < 4.78 is 0.